The molecule has 146 valence electrons. The average Bonchev–Trinajstić information content (AvgIpc) is 3.56. The lowest BCUT2D eigenvalue weighted by Crippen LogP contribution is -2.24. The molecule has 4 rings (SSSR count). The van der Waals surface area contributed by atoms with Crippen molar-refractivity contribution in [1.29, 1.82) is 0 Å². The second-order valence-electron chi connectivity index (χ2n) is 7.04. The highest BCUT2D eigenvalue weighted by Gasteiger charge is 2.51. The molecule has 6 heteroatoms. The number of benzene rings is 2. The predicted octanol–water partition coefficient (Wildman–Crippen LogP) is 3.92. The van der Waals surface area contributed by atoms with Crippen molar-refractivity contribution in [3.05, 3.63) is 89.6 Å². The van der Waals surface area contributed by atoms with Crippen molar-refractivity contribution in [2.45, 2.75) is 24.8 Å². The Labute approximate surface area is 168 Å². The second kappa shape index (κ2) is 7.75. The van der Waals surface area contributed by atoms with Gasteiger partial charge in [-0.3, -0.25) is 9.59 Å². The molecule has 29 heavy (non-hydrogen) atoms. The van der Waals surface area contributed by atoms with E-state index in [4.69, 9.17) is 4.74 Å². The topological polar surface area (TPSA) is 88.5 Å². The van der Waals surface area contributed by atoms with Crippen molar-refractivity contribution in [2.24, 2.45) is 0 Å². The van der Waals surface area contributed by atoms with Gasteiger partial charge in [0, 0.05) is 12.7 Å². The molecule has 0 spiro atoms. The van der Waals surface area contributed by atoms with Gasteiger partial charge >= 0.3 is 5.97 Å². The number of carbonyl (C=O) groups is 2. The molecule has 6 nitrogen and oxygen atoms in total. The van der Waals surface area contributed by atoms with Crippen LogP contribution in [0.3, 0.4) is 0 Å². The molecule has 3 aromatic rings. The van der Waals surface area contributed by atoms with Crippen LogP contribution < -0.4 is 10.1 Å². The van der Waals surface area contributed by atoms with Crippen molar-refractivity contribution in [2.75, 3.05) is 0 Å². The summed E-state index contributed by atoms with van der Waals surface area (Å²) in [5.41, 5.74) is 1.32. The number of carboxylic acid groups (broad SMARTS) is 1. The van der Waals surface area contributed by atoms with Gasteiger partial charge in [0.15, 0.2) is 0 Å². The fraction of sp³-hybridized carbons (Fsp3) is 0.174. The molecular formula is C23H20N2O4. The molecular weight excluding hydrogens is 368 g/mol. The molecule has 1 saturated carbocycles. The van der Waals surface area contributed by atoms with Crippen LogP contribution in [0.4, 0.5) is 0 Å². The maximum Gasteiger partial charge on any atom is 0.314 e. The first-order chi connectivity index (χ1) is 14.1. The van der Waals surface area contributed by atoms with E-state index in [-0.39, 0.29) is 11.8 Å². The number of amides is 1. The molecule has 0 unspecified atom stereocenters. The molecule has 0 bridgehead atoms. The van der Waals surface area contributed by atoms with Gasteiger partial charge in [-0.15, -0.1) is 0 Å². The van der Waals surface area contributed by atoms with Crippen LogP contribution in [0, 0.1) is 0 Å². The maximum absolute atomic E-state index is 12.6. The highest BCUT2D eigenvalue weighted by Crippen LogP contribution is 2.48. The van der Waals surface area contributed by atoms with E-state index in [9.17, 15) is 14.7 Å². The number of carboxylic acids is 1. The number of nitrogens with zero attached hydrogens (tertiary/aromatic N) is 1. The summed E-state index contributed by atoms with van der Waals surface area (Å²) in [6.45, 7) is 0.318. The minimum absolute atomic E-state index is 0.240. The van der Waals surface area contributed by atoms with Gasteiger partial charge in [-0.1, -0.05) is 42.5 Å². The minimum atomic E-state index is -0.777. The first kappa shape index (κ1) is 18.7. The van der Waals surface area contributed by atoms with Crippen LogP contribution in [-0.4, -0.2) is 22.0 Å². The van der Waals surface area contributed by atoms with Crippen molar-refractivity contribution in [3.8, 4) is 11.6 Å². The van der Waals surface area contributed by atoms with Crippen molar-refractivity contribution >= 4 is 11.9 Å². The molecule has 0 radical (unpaired) electrons. The highest BCUT2D eigenvalue weighted by molar-refractivity contribution is 5.96. The number of para-hydroxylation sites is 1. The summed E-state index contributed by atoms with van der Waals surface area (Å²) in [5.74, 6) is -0.231. The first-order valence-electron chi connectivity index (χ1n) is 9.37. The van der Waals surface area contributed by atoms with E-state index in [1.54, 1.807) is 30.5 Å². The lowest BCUT2D eigenvalue weighted by Gasteiger charge is -2.12. The van der Waals surface area contributed by atoms with Crippen molar-refractivity contribution in [3.63, 3.8) is 0 Å². The number of ether oxygens (including phenoxy) is 1. The molecule has 1 heterocycles. The SMILES string of the molecule is O=C(NCc1ccc(C2(C(=O)O)CC2)cc1)c1cccnc1Oc1ccccc1. The van der Waals surface area contributed by atoms with Gasteiger partial charge in [-0.25, -0.2) is 4.98 Å². The average molecular weight is 388 g/mol. The molecule has 1 fully saturated rings. The third kappa shape index (κ3) is 3.96. The third-order valence-corrected chi connectivity index (χ3v) is 5.09. The summed E-state index contributed by atoms with van der Waals surface area (Å²) in [4.78, 5) is 28.2. The van der Waals surface area contributed by atoms with Crippen LogP contribution in [0.5, 0.6) is 11.6 Å². The van der Waals surface area contributed by atoms with Crippen LogP contribution in [0.1, 0.15) is 34.3 Å². The van der Waals surface area contributed by atoms with Crippen molar-refractivity contribution in [1.82, 2.24) is 10.3 Å². The van der Waals surface area contributed by atoms with Crippen LogP contribution in [-0.2, 0) is 16.8 Å². The van der Waals surface area contributed by atoms with E-state index < -0.39 is 11.4 Å². The van der Waals surface area contributed by atoms with E-state index in [0.717, 1.165) is 11.1 Å². The lowest BCUT2D eigenvalue weighted by atomic mass is 9.95. The molecule has 0 saturated heterocycles. The molecule has 2 aromatic carbocycles. The standard InChI is InChI=1S/C23H20N2O4/c26-20(19-7-4-14-24-21(19)29-18-5-2-1-3-6-18)25-15-16-8-10-17(11-9-16)23(12-13-23)22(27)28/h1-11,14H,12-13,15H2,(H,25,26)(H,27,28). The Balaban J connectivity index is 1.42. The number of aliphatic carboxylic acids is 1. The molecule has 0 atom stereocenters. The van der Waals surface area contributed by atoms with E-state index >= 15 is 0 Å². The van der Waals surface area contributed by atoms with E-state index in [2.05, 4.69) is 10.3 Å². The number of carbonyl (C=O) groups excluding carboxylic acids is 1. The van der Waals surface area contributed by atoms with Gasteiger partial charge in [-0.05, 0) is 48.2 Å². The zero-order chi connectivity index (χ0) is 20.3. The minimum Gasteiger partial charge on any atom is -0.481 e. The quantitative estimate of drug-likeness (QED) is 0.640. The fourth-order valence-electron chi connectivity index (χ4n) is 3.22. The summed E-state index contributed by atoms with van der Waals surface area (Å²) < 4.78 is 5.74. The third-order valence-electron chi connectivity index (χ3n) is 5.09. The zero-order valence-electron chi connectivity index (χ0n) is 15.7. The Bertz CT molecular complexity index is 1030. The summed E-state index contributed by atoms with van der Waals surface area (Å²) in [6.07, 6.45) is 2.91. The smallest absolute Gasteiger partial charge is 0.314 e. The Morgan fingerprint density at radius 2 is 1.72 bits per heavy atom. The first-order valence-corrected chi connectivity index (χ1v) is 9.37. The molecule has 1 aliphatic rings. The fourth-order valence-corrected chi connectivity index (χ4v) is 3.22. The Morgan fingerprint density at radius 3 is 2.38 bits per heavy atom. The predicted molar refractivity (Wildman–Crippen MR) is 107 cm³/mol. The number of aromatic nitrogens is 1. The van der Waals surface area contributed by atoms with E-state index in [0.29, 0.717) is 30.7 Å². The highest BCUT2D eigenvalue weighted by atomic mass is 16.5. The molecule has 2 N–H and O–H groups in total. The van der Waals surface area contributed by atoms with Crippen LogP contribution in [0.25, 0.3) is 0 Å². The van der Waals surface area contributed by atoms with Gasteiger partial charge in [0.05, 0.1) is 5.41 Å². The van der Waals surface area contributed by atoms with Gasteiger partial charge < -0.3 is 15.2 Å². The van der Waals surface area contributed by atoms with E-state index in [1.807, 2.05) is 42.5 Å². The van der Waals surface area contributed by atoms with Gasteiger partial charge in [0.2, 0.25) is 5.88 Å². The molecule has 1 aliphatic carbocycles. The van der Waals surface area contributed by atoms with E-state index in [1.165, 1.54) is 0 Å². The maximum atomic E-state index is 12.6. The Kier molecular flexibility index (Phi) is 4.99. The Morgan fingerprint density at radius 1 is 1.00 bits per heavy atom. The number of hydrogen-bond acceptors (Lipinski definition) is 4. The number of pyridine rings is 1. The monoisotopic (exact) mass is 388 g/mol. The van der Waals surface area contributed by atoms with Gasteiger partial charge in [0.25, 0.3) is 5.91 Å². The normalized spacial score (nSPS) is 14.1. The molecule has 1 amide bonds. The largest absolute Gasteiger partial charge is 0.481 e. The summed E-state index contributed by atoms with van der Waals surface area (Å²) in [5, 5.41) is 12.2. The zero-order valence-corrected chi connectivity index (χ0v) is 15.7. The summed E-state index contributed by atoms with van der Waals surface area (Å²) in [7, 11) is 0. The second-order valence-corrected chi connectivity index (χ2v) is 7.04. The van der Waals surface area contributed by atoms with Crippen LogP contribution >= 0.6 is 0 Å². The summed E-state index contributed by atoms with van der Waals surface area (Å²) >= 11 is 0. The summed E-state index contributed by atoms with van der Waals surface area (Å²) in [6, 6.07) is 19.9. The van der Waals surface area contributed by atoms with Gasteiger partial charge in [0.1, 0.15) is 11.3 Å². The number of rotatable bonds is 7. The van der Waals surface area contributed by atoms with Crippen LogP contribution in [0.2, 0.25) is 0 Å². The molecule has 0 aliphatic heterocycles. The van der Waals surface area contributed by atoms with Gasteiger partial charge in [-0.2, -0.15) is 0 Å². The molecule has 1 aromatic heterocycles. The van der Waals surface area contributed by atoms with Crippen molar-refractivity contribution < 1.29 is 19.4 Å². The van der Waals surface area contributed by atoms with Crippen LogP contribution in [0.15, 0.2) is 72.9 Å². The lowest BCUT2D eigenvalue weighted by molar-refractivity contribution is -0.140. The number of nitrogens with one attached hydrogen (secondary N) is 1. The Hall–Kier alpha value is -3.67. The number of hydrogen-bond donors (Lipinski definition) is 2.